The topological polar surface area (TPSA) is 63.2 Å². The fraction of sp³-hybridized carbons (Fsp3) is 0.280. The first-order valence-corrected chi connectivity index (χ1v) is 10.5. The zero-order chi connectivity index (χ0) is 23.8. The average Bonchev–Trinajstić information content (AvgIpc) is 2.84. The summed E-state index contributed by atoms with van der Waals surface area (Å²) in [6.45, 7) is 0. The first-order valence-electron chi connectivity index (χ1n) is 10.5. The van der Waals surface area contributed by atoms with Gasteiger partial charge in [0, 0.05) is 19.3 Å². The number of carbonyl (C=O) groups is 1. The molecule has 1 amide bonds. The smallest absolute Gasteiger partial charge is 0.433 e. The Kier molecular flexibility index (Phi) is 8.06. The highest BCUT2D eigenvalue weighted by Gasteiger charge is 2.32. The number of nitrogens with one attached hydrogen (secondary N) is 2. The van der Waals surface area contributed by atoms with Crippen molar-refractivity contribution in [3.63, 3.8) is 0 Å². The molecular formula is C25H26F3N3O2. The van der Waals surface area contributed by atoms with Crippen LogP contribution in [0.15, 0.2) is 72.9 Å². The Hall–Kier alpha value is -3.39. The van der Waals surface area contributed by atoms with E-state index < -0.39 is 24.0 Å². The Labute approximate surface area is 191 Å². The van der Waals surface area contributed by atoms with Gasteiger partial charge in [-0.2, -0.15) is 13.2 Å². The summed E-state index contributed by atoms with van der Waals surface area (Å²) >= 11 is 0. The molecule has 0 aliphatic rings. The van der Waals surface area contributed by atoms with Gasteiger partial charge < -0.3 is 10.1 Å². The molecule has 1 heterocycles. The maximum Gasteiger partial charge on any atom is 0.433 e. The number of methoxy groups -OCH3 is 1. The number of benzene rings is 2. The third-order valence-corrected chi connectivity index (χ3v) is 5.37. The number of carbonyl (C=O) groups excluding carboxylic acids is 1. The lowest BCUT2D eigenvalue weighted by Gasteiger charge is -2.26. The SMILES string of the molecule is CNC(=O)[C@@H](N[C@@H](CCc1ccc(OC)cc1)c1ccc(C(F)(F)F)nc1)c1ccccc1. The molecule has 3 rings (SSSR count). The van der Waals surface area contributed by atoms with E-state index in [0.29, 0.717) is 18.4 Å². The number of ether oxygens (including phenoxy) is 1. The van der Waals surface area contributed by atoms with Crippen LogP contribution in [0.3, 0.4) is 0 Å². The number of alkyl halides is 3. The summed E-state index contributed by atoms with van der Waals surface area (Å²) in [6.07, 6.45) is -2.11. The highest BCUT2D eigenvalue weighted by Crippen LogP contribution is 2.30. The zero-order valence-corrected chi connectivity index (χ0v) is 18.4. The molecule has 0 radical (unpaired) electrons. The van der Waals surface area contributed by atoms with Gasteiger partial charge in [-0.25, -0.2) is 0 Å². The van der Waals surface area contributed by atoms with E-state index in [1.165, 1.54) is 12.3 Å². The van der Waals surface area contributed by atoms with Gasteiger partial charge in [0.15, 0.2) is 0 Å². The van der Waals surface area contributed by atoms with Gasteiger partial charge in [-0.05, 0) is 47.7 Å². The minimum absolute atomic E-state index is 0.240. The van der Waals surface area contributed by atoms with Crippen LogP contribution < -0.4 is 15.4 Å². The number of hydrogen-bond donors (Lipinski definition) is 2. The molecule has 0 aliphatic heterocycles. The number of likely N-dealkylation sites (N-methyl/N-ethyl adjacent to an activating group) is 1. The molecule has 0 bridgehead atoms. The molecule has 0 saturated heterocycles. The molecule has 0 unspecified atom stereocenters. The van der Waals surface area contributed by atoms with Crippen LogP contribution in [-0.2, 0) is 17.4 Å². The minimum atomic E-state index is -4.51. The van der Waals surface area contributed by atoms with E-state index in [1.807, 2.05) is 54.6 Å². The predicted molar refractivity (Wildman–Crippen MR) is 120 cm³/mol. The lowest BCUT2D eigenvalue weighted by molar-refractivity contribution is -0.141. The number of amides is 1. The van der Waals surface area contributed by atoms with Gasteiger partial charge >= 0.3 is 6.18 Å². The molecule has 0 spiro atoms. The number of rotatable bonds is 9. The summed E-state index contributed by atoms with van der Waals surface area (Å²) in [5.41, 5.74) is 1.41. The normalized spacial score (nSPS) is 13.2. The Morgan fingerprint density at radius 3 is 2.24 bits per heavy atom. The number of aryl methyl sites for hydroxylation is 1. The standard InChI is InChI=1S/C25H26F3N3O2/c1-29-24(32)23(18-6-4-3-5-7-18)31-21(14-10-17-8-12-20(33-2)13-9-17)19-11-15-22(30-16-19)25(26,27)28/h3-9,11-13,15-16,21,23,31H,10,14H2,1-2H3,(H,29,32)/t21-,23-/m0/s1. The van der Waals surface area contributed by atoms with Crippen molar-refractivity contribution in [1.82, 2.24) is 15.6 Å². The molecular weight excluding hydrogens is 431 g/mol. The molecule has 3 aromatic rings. The van der Waals surface area contributed by atoms with E-state index in [4.69, 9.17) is 4.74 Å². The van der Waals surface area contributed by atoms with Crippen molar-refractivity contribution in [2.45, 2.75) is 31.1 Å². The molecule has 8 heteroatoms. The summed E-state index contributed by atoms with van der Waals surface area (Å²) in [5, 5.41) is 5.99. The van der Waals surface area contributed by atoms with Crippen molar-refractivity contribution < 1.29 is 22.7 Å². The third kappa shape index (κ3) is 6.55. The van der Waals surface area contributed by atoms with E-state index in [2.05, 4.69) is 15.6 Å². The molecule has 174 valence electrons. The highest BCUT2D eigenvalue weighted by molar-refractivity contribution is 5.83. The number of aromatic nitrogens is 1. The maximum absolute atomic E-state index is 13.0. The fourth-order valence-corrected chi connectivity index (χ4v) is 3.54. The number of nitrogens with zero attached hydrogens (tertiary/aromatic N) is 1. The average molecular weight is 457 g/mol. The van der Waals surface area contributed by atoms with Gasteiger partial charge in [0.25, 0.3) is 0 Å². The first kappa shape index (κ1) is 24.3. The molecule has 33 heavy (non-hydrogen) atoms. The van der Waals surface area contributed by atoms with Crippen molar-refractivity contribution in [3.05, 3.63) is 95.3 Å². The van der Waals surface area contributed by atoms with Crippen molar-refractivity contribution in [2.75, 3.05) is 14.2 Å². The molecule has 5 nitrogen and oxygen atoms in total. The van der Waals surface area contributed by atoms with Gasteiger partial charge in [-0.15, -0.1) is 0 Å². The van der Waals surface area contributed by atoms with Gasteiger partial charge in [0.2, 0.25) is 5.91 Å². The van der Waals surface area contributed by atoms with E-state index in [9.17, 15) is 18.0 Å². The van der Waals surface area contributed by atoms with Crippen LogP contribution in [0.5, 0.6) is 5.75 Å². The van der Waals surface area contributed by atoms with Crippen LogP contribution in [0, 0.1) is 0 Å². The zero-order valence-electron chi connectivity index (χ0n) is 18.4. The summed E-state index contributed by atoms with van der Waals surface area (Å²) in [7, 11) is 3.14. The monoisotopic (exact) mass is 457 g/mol. The Bertz CT molecular complexity index is 1020. The second-order valence-corrected chi connectivity index (χ2v) is 7.54. The van der Waals surface area contributed by atoms with Gasteiger partial charge in [-0.3, -0.25) is 15.1 Å². The minimum Gasteiger partial charge on any atom is -0.497 e. The molecule has 2 aromatic carbocycles. The number of pyridine rings is 1. The molecule has 2 atom stereocenters. The molecule has 1 aromatic heterocycles. The summed E-state index contributed by atoms with van der Waals surface area (Å²) < 4.78 is 44.2. The molecule has 0 fully saturated rings. The number of halogens is 3. The maximum atomic E-state index is 13.0. The Balaban J connectivity index is 1.88. The van der Waals surface area contributed by atoms with Gasteiger partial charge in [0.1, 0.15) is 17.5 Å². The largest absolute Gasteiger partial charge is 0.497 e. The predicted octanol–water partition coefficient (Wildman–Crippen LogP) is 4.86. The second-order valence-electron chi connectivity index (χ2n) is 7.54. The summed E-state index contributed by atoms with van der Waals surface area (Å²) in [5.74, 6) is 0.500. The molecule has 0 aliphatic carbocycles. The van der Waals surface area contributed by atoms with E-state index in [0.717, 1.165) is 22.9 Å². The quantitative estimate of drug-likeness (QED) is 0.482. The van der Waals surface area contributed by atoms with Crippen LogP contribution in [0.2, 0.25) is 0 Å². The summed E-state index contributed by atoms with van der Waals surface area (Å²) in [4.78, 5) is 16.3. The highest BCUT2D eigenvalue weighted by atomic mass is 19.4. The number of hydrogen-bond acceptors (Lipinski definition) is 4. The van der Waals surface area contributed by atoms with Crippen LogP contribution in [0.1, 0.15) is 40.9 Å². The fourth-order valence-electron chi connectivity index (χ4n) is 3.54. The van der Waals surface area contributed by atoms with Gasteiger partial charge in [-0.1, -0.05) is 48.5 Å². The van der Waals surface area contributed by atoms with Crippen LogP contribution >= 0.6 is 0 Å². The van der Waals surface area contributed by atoms with Crippen molar-refractivity contribution >= 4 is 5.91 Å². The van der Waals surface area contributed by atoms with Crippen molar-refractivity contribution in [3.8, 4) is 5.75 Å². The van der Waals surface area contributed by atoms with E-state index in [1.54, 1.807) is 14.2 Å². The third-order valence-electron chi connectivity index (χ3n) is 5.37. The lowest BCUT2D eigenvalue weighted by Crippen LogP contribution is -2.38. The Morgan fingerprint density at radius 2 is 1.70 bits per heavy atom. The van der Waals surface area contributed by atoms with Crippen molar-refractivity contribution in [2.24, 2.45) is 0 Å². The molecule has 2 N–H and O–H groups in total. The Morgan fingerprint density at radius 1 is 1.00 bits per heavy atom. The lowest BCUT2D eigenvalue weighted by atomic mass is 9.97. The van der Waals surface area contributed by atoms with Crippen molar-refractivity contribution in [1.29, 1.82) is 0 Å². The van der Waals surface area contributed by atoms with E-state index >= 15 is 0 Å². The van der Waals surface area contributed by atoms with Crippen LogP contribution in [0.4, 0.5) is 13.2 Å². The van der Waals surface area contributed by atoms with E-state index in [-0.39, 0.29) is 5.91 Å². The van der Waals surface area contributed by atoms with Crippen LogP contribution in [0.25, 0.3) is 0 Å². The summed E-state index contributed by atoms with van der Waals surface area (Å²) in [6, 6.07) is 18.1. The first-order chi connectivity index (χ1) is 15.8. The molecule has 0 saturated carbocycles. The van der Waals surface area contributed by atoms with Gasteiger partial charge in [0.05, 0.1) is 7.11 Å². The van der Waals surface area contributed by atoms with Crippen LogP contribution in [-0.4, -0.2) is 25.0 Å². The second kappa shape index (κ2) is 11.0.